The third-order valence-electron chi connectivity index (χ3n) is 4.62. The second-order valence-electron chi connectivity index (χ2n) is 6.67. The topological polar surface area (TPSA) is 72.4 Å². The predicted octanol–water partition coefficient (Wildman–Crippen LogP) is 3.27. The third-order valence-corrected chi connectivity index (χ3v) is 5.56. The van der Waals surface area contributed by atoms with Crippen LogP contribution < -0.4 is 4.90 Å². The van der Waals surface area contributed by atoms with Crippen LogP contribution >= 0.6 is 11.3 Å². The number of ether oxygens (including phenoxy) is 1. The van der Waals surface area contributed by atoms with Crippen LogP contribution in [0.15, 0.2) is 54.2 Å². The predicted molar refractivity (Wildman–Crippen MR) is 107 cm³/mol. The van der Waals surface area contributed by atoms with Gasteiger partial charge >= 0.3 is 5.97 Å². The summed E-state index contributed by atoms with van der Waals surface area (Å²) >= 11 is 1.45. The summed E-state index contributed by atoms with van der Waals surface area (Å²) in [4.78, 5) is 35.0. The zero-order valence-electron chi connectivity index (χ0n) is 15.4. The van der Waals surface area contributed by atoms with Crippen LogP contribution in [0.3, 0.4) is 0 Å². The van der Waals surface area contributed by atoms with Crippen LogP contribution in [0.5, 0.6) is 0 Å². The monoisotopic (exact) mass is 393 g/mol. The number of benzene rings is 1. The van der Waals surface area contributed by atoms with Gasteiger partial charge in [-0.2, -0.15) is 0 Å². The molecule has 0 saturated carbocycles. The molecule has 1 atom stereocenters. The summed E-state index contributed by atoms with van der Waals surface area (Å²) in [5.74, 6) is -0.670. The number of para-hydroxylation sites is 1. The van der Waals surface area contributed by atoms with Gasteiger partial charge in [-0.1, -0.05) is 18.2 Å². The van der Waals surface area contributed by atoms with E-state index in [0.717, 1.165) is 28.2 Å². The number of amides is 1. The summed E-state index contributed by atoms with van der Waals surface area (Å²) < 4.78 is 5.22. The smallest absolute Gasteiger partial charge is 0.312 e. The molecule has 4 rings (SSSR count). The molecule has 3 aromatic rings. The molecule has 0 radical (unpaired) electrons. The van der Waals surface area contributed by atoms with E-state index in [1.165, 1.54) is 11.3 Å². The minimum absolute atomic E-state index is 0.0379. The number of carbonyl (C=O) groups excluding carboxylic acids is 2. The number of thiazole rings is 1. The van der Waals surface area contributed by atoms with Gasteiger partial charge in [-0.3, -0.25) is 14.6 Å². The lowest BCUT2D eigenvalue weighted by Crippen LogP contribution is -2.38. The molecule has 0 saturated heterocycles. The van der Waals surface area contributed by atoms with Gasteiger partial charge in [-0.05, 0) is 37.1 Å². The van der Waals surface area contributed by atoms with Crippen molar-refractivity contribution in [2.75, 3.05) is 11.5 Å². The summed E-state index contributed by atoms with van der Waals surface area (Å²) in [6.07, 6.45) is 4.28. The molecule has 3 heterocycles. The number of carbonyl (C=O) groups is 2. The first-order valence-corrected chi connectivity index (χ1v) is 9.90. The molecule has 2 aromatic heterocycles. The normalized spacial score (nSPS) is 15.3. The molecular formula is C21H19N3O3S. The number of aromatic nitrogens is 2. The SMILES string of the molecule is C[C@@H]1Cc2ccccc2N1C(=O)COC(=O)Cc1csc(-c2cccnc2)n1. The first-order valence-electron chi connectivity index (χ1n) is 9.02. The number of fused-ring (bicyclic) bond motifs is 1. The van der Waals surface area contributed by atoms with Gasteiger partial charge in [-0.15, -0.1) is 11.3 Å². The van der Waals surface area contributed by atoms with Crippen molar-refractivity contribution >= 4 is 28.9 Å². The fourth-order valence-corrected chi connectivity index (χ4v) is 4.18. The maximum absolute atomic E-state index is 12.6. The first-order chi connectivity index (χ1) is 13.6. The highest BCUT2D eigenvalue weighted by atomic mass is 32.1. The van der Waals surface area contributed by atoms with E-state index in [-0.39, 0.29) is 25.0 Å². The van der Waals surface area contributed by atoms with Crippen LogP contribution in [0.1, 0.15) is 18.2 Å². The Morgan fingerprint density at radius 2 is 2.11 bits per heavy atom. The summed E-state index contributed by atoms with van der Waals surface area (Å²) in [5, 5.41) is 2.62. The molecular weight excluding hydrogens is 374 g/mol. The van der Waals surface area contributed by atoms with Crippen LogP contribution in [0.2, 0.25) is 0 Å². The Morgan fingerprint density at radius 1 is 1.25 bits per heavy atom. The number of anilines is 1. The number of pyridine rings is 1. The van der Waals surface area contributed by atoms with Crippen LogP contribution in [-0.4, -0.2) is 34.5 Å². The van der Waals surface area contributed by atoms with Crippen LogP contribution in [0.25, 0.3) is 10.6 Å². The van der Waals surface area contributed by atoms with Gasteiger partial charge in [0.2, 0.25) is 0 Å². The van der Waals surface area contributed by atoms with Gasteiger partial charge in [0, 0.05) is 35.1 Å². The maximum atomic E-state index is 12.6. The van der Waals surface area contributed by atoms with Crippen molar-refractivity contribution in [2.45, 2.75) is 25.8 Å². The highest BCUT2D eigenvalue weighted by molar-refractivity contribution is 7.13. The number of hydrogen-bond donors (Lipinski definition) is 0. The van der Waals surface area contributed by atoms with Gasteiger partial charge in [0.15, 0.2) is 6.61 Å². The first kappa shape index (κ1) is 18.3. The Hall–Kier alpha value is -3.06. The quantitative estimate of drug-likeness (QED) is 0.622. The molecule has 7 heteroatoms. The molecule has 1 aliphatic rings. The molecule has 0 bridgehead atoms. The number of esters is 1. The van der Waals surface area contributed by atoms with E-state index in [4.69, 9.17) is 4.74 Å². The second kappa shape index (κ2) is 7.90. The van der Waals surface area contributed by atoms with E-state index in [1.54, 1.807) is 17.3 Å². The Labute approximate surface area is 166 Å². The Morgan fingerprint density at radius 3 is 2.93 bits per heavy atom. The lowest BCUT2D eigenvalue weighted by atomic mass is 10.1. The van der Waals surface area contributed by atoms with E-state index in [2.05, 4.69) is 9.97 Å². The van der Waals surface area contributed by atoms with Crippen molar-refractivity contribution in [1.82, 2.24) is 9.97 Å². The minimum atomic E-state index is -0.462. The molecule has 142 valence electrons. The van der Waals surface area contributed by atoms with Crippen molar-refractivity contribution in [3.8, 4) is 10.6 Å². The number of hydrogen-bond acceptors (Lipinski definition) is 6. The fraction of sp³-hybridized carbons (Fsp3) is 0.238. The Bertz CT molecular complexity index is 1000. The fourth-order valence-electron chi connectivity index (χ4n) is 3.37. The third kappa shape index (κ3) is 3.80. The molecule has 0 N–H and O–H groups in total. The molecule has 0 fully saturated rings. The maximum Gasteiger partial charge on any atom is 0.312 e. The zero-order chi connectivity index (χ0) is 19.5. The Kier molecular flexibility index (Phi) is 5.16. The van der Waals surface area contributed by atoms with E-state index in [1.807, 2.05) is 48.7 Å². The summed E-state index contributed by atoms with van der Waals surface area (Å²) in [5.41, 5.74) is 3.57. The van der Waals surface area contributed by atoms with Gasteiger partial charge in [0.05, 0.1) is 12.1 Å². The average molecular weight is 393 g/mol. The average Bonchev–Trinajstić information content (AvgIpc) is 3.30. The van der Waals surface area contributed by atoms with E-state index in [9.17, 15) is 9.59 Å². The molecule has 1 amide bonds. The summed E-state index contributed by atoms with van der Waals surface area (Å²) in [6.45, 7) is 1.73. The van der Waals surface area contributed by atoms with Crippen LogP contribution in [0, 0.1) is 0 Å². The molecule has 1 aromatic carbocycles. The molecule has 28 heavy (non-hydrogen) atoms. The molecule has 0 unspecified atom stereocenters. The van der Waals surface area contributed by atoms with Gasteiger partial charge in [0.25, 0.3) is 5.91 Å². The lowest BCUT2D eigenvalue weighted by molar-refractivity contribution is -0.147. The molecule has 0 aliphatic carbocycles. The van der Waals surface area contributed by atoms with Crippen LogP contribution in [-0.2, 0) is 27.2 Å². The van der Waals surface area contributed by atoms with Crippen LogP contribution in [0.4, 0.5) is 5.69 Å². The minimum Gasteiger partial charge on any atom is -0.455 e. The van der Waals surface area contributed by atoms with Crippen molar-refractivity contribution in [3.05, 3.63) is 65.4 Å². The molecule has 0 spiro atoms. The van der Waals surface area contributed by atoms with Crippen molar-refractivity contribution < 1.29 is 14.3 Å². The largest absolute Gasteiger partial charge is 0.455 e. The van der Waals surface area contributed by atoms with Gasteiger partial charge in [-0.25, -0.2) is 4.98 Å². The standard InChI is InChI=1S/C21H19N3O3S/c1-14-9-15-5-2-3-7-18(15)24(14)19(25)12-27-20(26)10-17-13-28-21(23-17)16-6-4-8-22-11-16/h2-8,11,13-14H,9-10,12H2,1H3/t14-/m1/s1. The second-order valence-corrected chi connectivity index (χ2v) is 7.53. The van der Waals surface area contributed by atoms with Crippen molar-refractivity contribution in [1.29, 1.82) is 0 Å². The van der Waals surface area contributed by atoms with E-state index in [0.29, 0.717) is 5.69 Å². The highest BCUT2D eigenvalue weighted by Crippen LogP contribution is 2.31. The zero-order valence-corrected chi connectivity index (χ0v) is 16.2. The van der Waals surface area contributed by atoms with Crippen molar-refractivity contribution in [2.24, 2.45) is 0 Å². The Balaban J connectivity index is 1.34. The van der Waals surface area contributed by atoms with Gasteiger partial charge in [0.1, 0.15) is 5.01 Å². The van der Waals surface area contributed by atoms with Gasteiger partial charge < -0.3 is 9.64 Å². The summed E-state index contributed by atoms with van der Waals surface area (Å²) in [7, 11) is 0. The number of rotatable bonds is 5. The lowest BCUT2D eigenvalue weighted by Gasteiger charge is -2.22. The highest BCUT2D eigenvalue weighted by Gasteiger charge is 2.30. The molecule has 1 aliphatic heterocycles. The number of nitrogens with zero attached hydrogens (tertiary/aromatic N) is 3. The van der Waals surface area contributed by atoms with E-state index < -0.39 is 5.97 Å². The molecule has 6 nitrogen and oxygen atoms in total. The van der Waals surface area contributed by atoms with E-state index >= 15 is 0 Å². The summed E-state index contributed by atoms with van der Waals surface area (Å²) in [6, 6.07) is 11.6. The van der Waals surface area contributed by atoms with Crippen molar-refractivity contribution in [3.63, 3.8) is 0 Å².